The molecule has 0 aliphatic carbocycles. The van der Waals surface area contributed by atoms with E-state index in [1.165, 1.54) is 6.07 Å². The Bertz CT molecular complexity index is 808. The van der Waals surface area contributed by atoms with Crippen LogP contribution in [0.3, 0.4) is 0 Å². The number of nitrogens with zero attached hydrogens (tertiary/aromatic N) is 1. The highest BCUT2D eigenvalue weighted by Crippen LogP contribution is 2.42. The first-order valence-electron chi connectivity index (χ1n) is 8.24. The number of halogens is 3. The smallest absolute Gasteiger partial charge is 0.288 e. The van der Waals surface area contributed by atoms with E-state index in [4.69, 9.17) is 0 Å². The highest BCUT2D eigenvalue weighted by Gasteiger charge is 2.47. The summed E-state index contributed by atoms with van der Waals surface area (Å²) in [6.07, 6.45) is -4.42. The maximum atomic E-state index is 13.9. The topological polar surface area (TPSA) is 32.3 Å². The van der Waals surface area contributed by atoms with E-state index in [1.54, 1.807) is 18.2 Å². The maximum absolute atomic E-state index is 13.9. The molecular weight excluding hydrogens is 329 g/mol. The van der Waals surface area contributed by atoms with Crippen molar-refractivity contribution in [1.82, 2.24) is 10.4 Å². The Morgan fingerprint density at radius 3 is 2.24 bits per heavy atom. The van der Waals surface area contributed by atoms with Crippen molar-refractivity contribution in [3.05, 3.63) is 47.5 Å². The molecule has 3 nitrogen and oxygen atoms in total. The van der Waals surface area contributed by atoms with Gasteiger partial charge in [0.25, 0.3) is 0 Å². The summed E-state index contributed by atoms with van der Waals surface area (Å²) >= 11 is 0. The van der Waals surface area contributed by atoms with Crippen molar-refractivity contribution in [3.8, 4) is 0 Å². The van der Waals surface area contributed by atoms with Gasteiger partial charge in [0.2, 0.25) is 5.91 Å². The Morgan fingerprint density at radius 1 is 1.04 bits per heavy atom. The zero-order chi connectivity index (χ0) is 18.4. The van der Waals surface area contributed by atoms with E-state index < -0.39 is 12.2 Å². The SMILES string of the molecule is CC(C)(C)c1cccc2c(C(N3CCC(=O)N3)C(F)(F)F)cccc12. The summed E-state index contributed by atoms with van der Waals surface area (Å²) < 4.78 is 41.6. The molecule has 6 heteroatoms. The number of amides is 1. The lowest BCUT2D eigenvalue weighted by atomic mass is 9.82. The zero-order valence-corrected chi connectivity index (χ0v) is 14.4. The molecule has 0 bridgehead atoms. The van der Waals surface area contributed by atoms with Gasteiger partial charge in [-0.15, -0.1) is 0 Å². The first-order valence-corrected chi connectivity index (χ1v) is 8.24. The molecule has 1 aliphatic heterocycles. The predicted molar refractivity (Wildman–Crippen MR) is 90.9 cm³/mol. The van der Waals surface area contributed by atoms with Crippen LogP contribution in [0.5, 0.6) is 0 Å². The summed E-state index contributed by atoms with van der Waals surface area (Å²) in [5.74, 6) is -0.384. The van der Waals surface area contributed by atoms with Crippen LogP contribution in [0.4, 0.5) is 13.2 Å². The largest absolute Gasteiger partial charge is 0.409 e. The number of hydrazine groups is 1. The second-order valence-corrected chi connectivity index (χ2v) is 7.42. The molecule has 0 aromatic heterocycles. The lowest BCUT2D eigenvalue weighted by Gasteiger charge is -2.31. The van der Waals surface area contributed by atoms with Gasteiger partial charge < -0.3 is 0 Å². The summed E-state index contributed by atoms with van der Waals surface area (Å²) in [4.78, 5) is 11.4. The first kappa shape index (κ1) is 17.7. The molecule has 0 spiro atoms. The summed E-state index contributed by atoms with van der Waals surface area (Å²) in [6, 6.07) is 8.61. The number of hydrogen-bond acceptors (Lipinski definition) is 2. The molecule has 0 saturated carbocycles. The molecule has 1 unspecified atom stereocenters. The average Bonchev–Trinajstić information content (AvgIpc) is 2.90. The molecule has 0 radical (unpaired) electrons. The number of carbonyl (C=O) groups is 1. The van der Waals surface area contributed by atoms with Crippen LogP contribution in [0.25, 0.3) is 10.8 Å². The minimum atomic E-state index is -4.50. The maximum Gasteiger partial charge on any atom is 0.409 e. The fraction of sp³-hybridized carbons (Fsp3) is 0.421. The molecule has 2 aromatic carbocycles. The van der Waals surface area contributed by atoms with E-state index >= 15 is 0 Å². The van der Waals surface area contributed by atoms with E-state index in [0.29, 0.717) is 5.39 Å². The molecule has 134 valence electrons. The van der Waals surface area contributed by atoms with Crippen LogP contribution in [0, 0.1) is 0 Å². The Hall–Kier alpha value is -2.08. The zero-order valence-electron chi connectivity index (χ0n) is 14.4. The van der Waals surface area contributed by atoms with Crippen molar-refractivity contribution in [2.24, 2.45) is 0 Å². The number of benzene rings is 2. The monoisotopic (exact) mass is 350 g/mol. The Morgan fingerprint density at radius 2 is 1.68 bits per heavy atom. The third-order valence-corrected chi connectivity index (χ3v) is 4.53. The van der Waals surface area contributed by atoms with E-state index in [2.05, 4.69) is 5.43 Å². The van der Waals surface area contributed by atoms with Crippen LogP contribution in [0.15, 0.2) is 36.4 Å². The molecule has 1 aliphatic rings. The number of alkyl halides is 3. The highest BCUT2D eigenvalue weighted by molar-refractivity contribution is 5.90. The third-order valence-electron chi connectivity index (χ3n) is 4.53. The molecule has 1 atom stereocenters. The summed E-state index contributed by atoms with van der Waals surface area (Å²) in [6.45, 7) is 6.15. The molecule has 1 saturated heterocycles. The molecule has 3 rings (SSSR count). The lowest BCUT2D eigenvalue weighted by Crippen LogP contribution is -2.43. The third kappa shape index (κ3) is 3.35. The standard InChI is InChI=1S/C19H21F3N2O/c1-18(2,3)15-9-5-6-12-13(15)7-4-8-14(12)17(19(20,21)22)24-11-10-16(25)23-24/h4-9,17H,10-11H2,1-3H3,(H,23,25). The van der Waals surface area contributed by atoms with Crippen LogP contribution in [0.2, 0.25) is 0 Å². The molecular formula is C19H21F3N2O. The summed E-state index contributed by atoms with van der Waals surface area (Å²) in [5.41, 5.74) is 3.32. The Labute approximate surface area is 144 Å². The molecule has 1 fully saturated rings. The number of carbonyl (C=O) groups excluding carboxylic acids is 1. The van der Waals surface area contributed by atoms with E-state index in [-0.39, 0.29) is 29.9 Å². The number of nitrogens with one attached hydrogen (secondary N) is 1. The number of hydrogen-bond donors (Lipinski definition) is 1. The molecule has 1 amide bonds. The van der Waals surface area contributed by atoms with Crippen LogP contribution in [-0.4, -0.2) is 23.6 Å². The van der Waals surface area contributed by atoms with Crippen LogP contribution in [-0.2, 0) is 10.2 Å². The van der Waals surface area contributed by atoms with Gasteiger partial charge in [-0.05, 0) is 27.3 Å². The van der Waals surface area contributed by atoms with Crippen LogP contribution in [0.1, 0.15) is 44.4 Å². The lowest BCUT2D eigenvalue weighted by molar-refractivity contribution is -0.190. The summed E-state index contributed by atoms with van der Waals surface area (Å²) in [7, 11) is 0. The average molecular weight is 350 g/mol. The van der Waals surface area contributed by atoms with Crippen molar-refractivity contribution in [1.29, 1.82) is 0 Å². The van der Waals surface area contributed by atoms with Gasteiger partial charge in [-0.2, -0.15) is 13.2 Å². The minimum absolute atomic E-state index is 0.0400. The Balaban J connectivity index is 2.20. The highest BCUT2D eigenvalue weighted by atomic mass is 19.4. The number of rotatable bonds is 2. The van der Waals surface area contributed by atoms with Crippen molar-refractivity contribution in [2.45, 2.75) is 44.8 Å². The second-order valence-electron chi connectivity index (χ2n) is 7.42. The first-order chi connectivity index (χ1) is 11.6. The molecule has 2 aromatic rings. The van der Waals surface area contributed by atoms with Gasteiger partial charge in [-0.3, -0.25) is 10.2 Å². The molecule has 1 heterocycles. The Kier molecular flexibility index (Phi) is 4.27. The van der Waals surface area contributed by atoms with E-state index in [1.807, 2.05) is 32.9 Å². The van der Waals surface area contributed by atoms with Gasteiger partial charge in [0, 0.05) is 13.0 Å². The molecule has 25 heavy (non-hydrogen) atoms. The minimum Gasteiger partial charge on any atom is -0.288 e. The van der Waals surface area contributed by atoms with Gasteiger partial charge in [0.05, 0.1) is 0 Å². The van der Waals surface area contributed by atoms with Crippen molar-refractivity contribution < 1.29 is 18.0 Å². The van der Waals surface area contributed by atoms with Gasteiger partial charge in [0.1, 0.15) is 0 Å². The fourth-order valence-corrected chi connectivity index (χ4v) is 3.44. The van der Waals surface area contributed by atoms with Crippen molar-refractivity contribution in [3.63, 3.8) is 0 Å². The van der Waals surface area contributed by atoms with Crippen LogP contribution < -0.4 is 5.43 Å². The summed E-state index contributed by atoms with van der Waals surface area (Å²) in [5, 5.41) is 2.38. The molecule has 1 N–H and O–H groups in total. The van der Waals surface area contributed by atoms with Gasteiger partial charge in [-0.1, -0.05) is 57.2 Å². The second kappa shape index (κ2) is 6.02. The quantitative estimate of drug-likeness (QED) is 0.866. The fourth-order valence-electron chi connectivity index (χ4n) is 3.44. The van der Waals surface area contributed by atoms with Gasteiger partial charge >= 0.3 is 6.18 Å². The van der Waals surface area contributed by atoms with E-state index in [9.17, 15) is 18.0 Å². The van der Waals surface area contributed by atoms with Gasteiger partial charge in [0.15, 0.2) is 6.04 Å². The number of fused-ring (bicyclic) bond motifs is 1. The van der Waals surface area contributed by atoms with Crippen LogP contribution >= 0.6 is 0 Å². The normalized spacial score (nSPS) is 17.8. The van der Waals surface area contributed by atoms with Crippen molar-refractivity contribution in [2.75, 3.05) is 6.54 Å². The van der Waals surface area contributed by atoms with Gasteiger partial charge in [-0.25, -0.2) is 5.01 Å². The van der Waals surface area contributed by atoms with E-state index in [0.717, 1.165) is 16.0 Å². The predicted octanol–water partition coefficient (Wildman–Crippen LogP) is 4.48. The van der Waals surface area contributed by atoms with Crippen molar-refractivity contribution >= 4 is 16.7 Å².